The number of hydrogen-bond donors (Lipinski definition) is 1. The maximum absolute atomic E-state index is 12.5. The van der Waals surface area contributed by atoms with Crippen LogP contribution in [0.3, 0.4) is 0 Å². The predicted octanol–water partition coefficient (Wildman–Crippen LogP) is 2.24. The molecule has 0 aliphatic carbocycles. The van der Waals surface area contributed by atoms with Gasteiger partial charge in [-0.2, -0.15) is 0 Å². The van der Waals surface area contributed by atoms with E-state index in [-0.39, 0.29) is 12.3 Å². The molecule has 0 aromatic heterocycles. The zero-order valence-electron chi connectivity index (χ0n) is 13.3. The third-order valence-electron chi connectivity index (χ3n) is 3.76. The Morgan fingerprint density at radius 1 is 1.09 bits per heavy atom. The van der Waals surface area contributed by atoms with Crippen molar-refractivity contribution in [2.45, 2.75) is 26.7 Å². The van der Waals surface area contributed by atoms with Gasteiger partial charge >= 0.3 is 0 Å². The SMILES string of the molecule is Cc1ccc(C)c(NC(=O)[C@H](CC(=O)[O-])Cc2ccccc2)c1. The molecule has 2 rings (SSSR count). The molecule has 0 saturated carbocycles. The minimum Gasteiger partial charge on any atom is -0.550 e. The quantitative estimate of drug-likeness (QED) is 0.889. The average Bonchev–Trinajstić information content (AvgIpc) is 2.51. The van der Waals surface area contributed by atoms with Crippen LogP contribution in [0.5, 0.6) is 0 Å². The number of carboxylic acids is 1. The lowest BCUT2D eigenvalue weighted by molar-refractivity contribution is -0.306. The third-order valence-corrected chi connectivity index (χ3v) is 3.76. The van der Waals surface area contributed by atoms with Crippen molar-refractivity contribution >= 4 is 17.6 Å². The number of nitrogens with one attached hydrogen (secondary N) is 1. The lowest BCUT2D eigenvalue weighted by Gasteiger charge is -2.18. The van der Waals surface area contributed by atoms with Gasteiger partial charge in [0.05, 0.1) is 0 Å². The van der Waals surface area contributed by atoms with E-state index in [0.717, 1.165) is 16.7 Å². The van der Waals surface area contributed by atoms with Crippen molar-refractivity contribution in [1.82, 2.24) is 0 Å². The van der Waals surface area contributed by atoms with Crippen molar-refractivity contribution in [3.05, 3.63) is 65.2 Å². The number of anilines is 1. The summed E-state index contributed by atoms with van der Waals surface area (Å²) in [6, 6.07) is 15.2. The largest absolute Gasteiger partial charge is 0.550 e. The number of carbonyl (C=O) groups is 2. The normalized spacial score (nSPS) is 11.7. The van der Waals surface area contributed by atoms with E-state index < -0.39 is 11.9 Å². The number of hydrogen-bond acceptors (Lipinski definition) is 3. The molecule has 0 unspecified atom stereocenters. The van der Waals surface area contributed by atoms with Gasteiger partial charge in [0, 0.05) is 17.6 Å². The Hall–Kier alpha value is -2.62. The van der Waals surface area contributed by atoms with Gasteiger partial charge < -0.3 is 15.2 Å². The van der Waals surface area contributed by atoms with E-state index in [1.54, 1.807) is 0 Å². The van der Waals surface area contributed by atoms with E-state index in [4.69, 9.17) is 0 Å². The average molecular weight is 310 g/mol. The van der Waals surface area contributed by atoms with Crippen LogP contribution in [-0.4, -0.2) is 11.9 Å². The molecule has 0 bridgehead atoms. The first-order chi connectivity index (χ1) is 11.0. The maximum atomic E-state index is 12.5. The highest BCUT2D eigenvalue weighted by Crippen LogP contribution is 2.20. The fourth-order valence-corrected chi connectivity index (χ4v) is 2.46. The zero-order chi connectivity index (χ0) is 16.8. The van der Waals surface area contributed by atoms with Gasteiger partial charge in [-0.25, -0.2) is 0 Å². The molecular weight excluding hydrogens is 290 g/mol. The van der Waals surface area contributed by atoms with Gasteiger partial charge in [-0.05, 0) is 49.4 Å². The predicted molar refractivity (Wildman–Crippen MR) is 87.8 cm³/mol. The summed E-state index contributed by atoms with van der Waals surface area (Å²) in [4.78, 5) is 23.5. The summed E-state index contributed by atoms with van der Waals surface area (Å²) in [6.07, 6.45) is 0.0666. The van der Waals surface area contributed by atoms with E-state index in [9.17, 15) is 14.7 Å². The summed E-state index contributed by atoms with van der Waals surface area (Å²) in [6.45, 7) is 3.84. The summed E-state index contributed by atoms with van der Waals surface area (Å²) in [7, 11) is 0. The third kappa shape index (κ3) is 4.95. The highest BCUT2D eigenvalue weighted by molar-refractivity contribution is 5.95. The number of amides is 1. The van der Waals surface area contributed by atoms with Crippen LogP contribution in [0.1, 0.15) is 23.1 Å². The van der Waals surface area contributed by atoms with Crippen LogP contribution in [0, 0.1) is 19.8 Å². The van der Waals surface area contributed by atoms with Gasteiger partial charge in [0.1, 0.15) is 0 Å². The lowest BCUT2D eigenvalue weighted by atomic mass is 9.95. The number of benzene rings is 2. The Labute approximate surface area is 136 Å². The molecule has 0 heterocycles. The number of aryl methyl sites for hydroxylation is 2. The maximum Gasteiger partial charge on any atom is 0.228 e. The molecule has 0 spiro atoms. The molecule has 1 N–H and O–H groups in total. The molecule has 2 aromatic rings. The van der Waals surface area contributed by atoms with Gasteiger partial charge in [-0.15, -0.1) is 0 Å². The molecule has 2 aromatic carbocycles. The number of rotatable bonds is 6. The van der Waals surface area contributed by atoms with Crippen molar-refractivity contribution in [2.75, 3.05) is 5.32 Å². The summed E-state index contributed by atoms with van der Waals surface area (Å²) < 4.78 is 0. The van der Waals surface area contributed by atoms with Gasteiger partial charge in [0.15, 0.2) is 0 Å². The molecule has 0 radical (unpaired) electrons. The first kappa shape index (κ1) is 16.7. The first-order valence-electron chi connectivity index (χ1n) is 7.57. The van der Waals surface area contributed by atoms with E-state index in [2.05, 4.69) is 5.32 Å². The zero-order valence-corrected chi connectivity index (χ0v) is 13.3. The molecule has 1 amide bonds. The van der Waals surface area contributed by atoms with Gasteiger partial charge in [0.2, 0.25) is 5.91 Å². The molecule has 120 valence electrons. The number of carbonyl (C=O) groups excluding carboxylic acids is 2. The van der Waals surface area contributed by atoms with Gasteiger partial charge in [-0.3, -0.25) is 4.79 Å². The highest BCUT2D eigenvalue weighted by atomic mass is 16.4. The van der Waals surface area contributed by atoms with Crippen LogP contribution in [0.25, 0.3) is 0 Å². The molecule has 0 aliphatic rings. The van der Waals surface area contributed by atoms with Crippen LogP contribution in [0.4, 0.5) is 5.69 Å². The molecule has 0 saturated heterocycles. The molecule has 0 fully saturated rings. The monoisotopic (exact) mass is 310 g/mol. The Morgan fingerprint density at radius 2 is 1.78 bits per heavy atom. The second-order valence-corrected chi connectivity index (χ2v) is 5.77. The number of aliphatic carboxylic acids is 1. The minimum absolute atomic E-state index is 0.299. The minimum atomic E-state index is -1.22. The Bertz CT molecular complexity index is 695. The summed E-state index contributed by atoms with van der Waals surface area (Å²) in [5.74, 6) is -2.18. The van der Waals surface area contributed by atoms with Crippen molar-refractivity contribution in [1.29, 1.82) is 0 Å². The summed E-state index contributed by atoms with van der Waals surface area (Å²) in [5, 5.41) is 13.8. The van der Waals surface area contributed by atoms with Crippen LogP contribution in [0.2, 0.25) is 0 Å². The molecule has 23 heavy (non-hydrogen) atoms. The second-order valence-electron chi connectivity index (χ2n) is 5.77. The van der Waals surface area contributed by atoms with Crippen molar-refractivity contribution < 1.29 is 14.7 Å². The summed E-state index contributed by atoms with van der Waals surface area (Å²) >= 11 is 0. The molecular formula is C19H20NO3-. The summed E-state index contributed by atoms with van der Waals surface area (Å²) in [5.41, 5.74) is 3.61. The van der Waals surface area contributed by atoms with Gasteiger partial charge in [0.25, 0.3) is 0 Å². The van der Waals surface area contributed by atoms with Crippen LogP contribution in [-0.2, 0) is 16.0 Å². The standard InChI is InChI=1S/C19H21NO3/c1-13-8-9-14(2)17(10-13)20-19(23)16(12-18(21)22)11-15-6-4-3-5-7-15/h3-10,16H,11-12H2,1-2H3,(H,20,23)(H,21,22)/p-1/t16-/m0/s1. The molecule has 4 heteroatoms. The van der Waals surface area contributed by atoms with E-state index in [1.807, 2.05) is 62.4 Å². The van der Waals surface area contributed by atoms with Crippen LogP contribution < -0.4 is 10.4 Å². The Kier molecular flexibility index (Phi) is 5.52. The van der Waals surface area contributed by atoms with Crippen LogP contribution in [0.15, 0.2) is 48.5 Å². The van der Waals surface area contributed by atoms with E-state index >= 15 is 0 Å². The van der Waals surface area contributed by atoms with E-state index in [1.165, 1.54) is 0 Å². The molecule has 4 nitrogen and oxygen atoms in total. The Balaban J connectivity index is 2.16. The van der Waals surface area contributed by atoms with Crippen molar-refractivity contribution in [3.63, 3.8) is 0 Å². The number of carboxylic acid groups (broad SMARTS) is 1. The van der Waals surface area contributed by atoms with Crippen LogP contribution >= 0.6 is 0 Å². The van der Waals surface area contributed by atoms with Gasteiger partial charge in [-0.1, -0.05) is 42.5 Å². The van der Waals surface area contributed by atoms with E-state index in [0.29, 0.717) is 12.1 Å². The fraction of sp³-hybridized carbons (Fsp3) is 0.263. The lowest BCUT2D eigenvalue weighted by Crippen LogP contribution is -2.32. The molecule has 1 atom stereocenters. The smallest absolute Gasteiger partial charge is 0.228 e. The first-order valence-corrected chi connectivity index (χ1v) is 7.57. The topological polar surface area (TPSA) is 69.2 Å². The second kappa shape index (κ2) is 7.58. The fourth-order valence-electron chi connectivity index (χ4n) is 2.46. The van der Waals surface area contributed by atoms with Crippen molar-refractivity contribution in [3.8, 4) is 0 Å². The molecule has 0 aliphatic heterocycles. The highest BCUT2D eigenvalue weighted by Gasteiger charge is 2.20. The van der Waals surface area contributed by atoms with Crippen molar-refractivity contribution in [2.24, 2.45) is 5.92 Å². The Morgan fingerprint density at radius 3 is 2.43 bits per heavy atom.